The average molecular weight is 583 g/mol. The number of hydrogen-bond acceptors (Lipinski definition) is 2. The first kappa shape index (κ1) is 25.9. The van der Waals surface area contributed by atoms with Crippen LogP contribution in [-0.4, -0.2) is 16.1 Å². The summed E-state index contributed by atoms with van der Waals surface area (Å²) in [6.45, 7) is 0. The van der Waals surface area contributed by atoms with Crippen molar-refractivity contribution in [3.05, 3.63) is 92.2 Å². The molecule has 2 unspecified atom stereocenters. The maximum atomic E-state index is 13.9. The van der Waals surface area contributed by atoms with Gasteiger partial charge in [0.25, 0.3) is 5.91 Å². The van der Waals surface area contributed by atoms with Crippen LogP contribution in [0, 0.1) is 23.4 Å². The summed E-state index contributed by atoms with van der Waals surface area (Å²) in [6.07, 6.45) is 0. The van der Waals surface area contributed by atoms with Gasteiger partial charge in [0, 0.05) is 11.6 Å². The molecule has 0 aliphatic heterocycles. The van der Waals surface area contributed by atoms with Crippen molar-refractivity contribution in [2.45, 2.75) is 10.3 Å². The molecule has 3 aromatic rings. The van der Waals surface area contributed by atoms with Crippen LogP contribution in [0.15, 0.2) is 48.5 Å². The van der Waals surface area contributed by atoms with Crippen molar-refractivity contribution in [1.82, 2.24) is 0 Å². The van der Waals surface area contributed by atoms with E-state index in [1.165, 1.54) is 30.3 Å². The number of rotatable bonds is 5. The lowest BCUT2D eigenvalue weighted by atomic mass is 10.1. The Morgan fingerprint density at radius 3 is 2.03 bits per heavy atom. The fourth-order valence-electron chi connectivity index (χ4n) is 3.62. The van der Waals surface area contributed by atoms with E-state index in [-0.39, 0.29) is 26.3 Å². The Morgan fingerprint density at radius 1 is 0.829 bits per heavy atom. The largest absolute Gasteiger partial charge is 0.326 e. The molecule has 0 bridgehead atoms. The number of benzene rings is 3. The molecule has 0 radical (unpaired) electrons. The van der Waals surface area contributed by atoms with Crippen LogP contribution in [0.3, 0.4) is 0 Å². The first-order valence-corrected chi connectivity index (χ1v) is 11.7. The van der Waals surface area contributed by atoms with E-state index in [4.69, 9.17) is 58.0 Å². The Bertz CT molecular complexity index is 1330. The molecule has 2 amide bonds. The van der Waals surface area contributed by atoms with Gasteiger partial charge in [0.05, 0.1) is 26.5 Å². The number of hydrogen-bond donors (Lipinski definition) is 2. The van der Waals surface area contributed by atoms with Gasteiger partial charge in [0.15, 0.2) is 5.82 Å². The molecule has 2 atom stereocenters. The van der Waals surface area contributed by atoms with Gasteiger partial charge in [-0.1, -0.05) is 40.9 Å². The van der Waals surface area contributed by atoms with Gasteiger partial charge < -0.3 is 10.6 Å². The zero-order valence-electron chi connectivity index (χ0n) is 17.1. The lowest BCUT2D eigenvalue weighted by molar-refractivity contribution is -0.117. The Labute approximate surface area is 222 Å². The molecular formula is C23H12Cl5F3N2O2. The molecule has 0 heterocycles. The standard InChI is InChI=1S/C23H12Cl5F3N2O2/c24-12-5-4-10(8-11(12)21(34)33-20-15(29)2-1-3-16(20)30)32-22(35)18-17(23(18,27)28)9-6-13(25)19(31)14(26)7-9/h1-8,17-18H,(H,32,35)(H,33,34). The molecule has 35 heavy (non-hydrogen) atoms. The molecule has 182 valence electrons. The van der Waals surface area contributed by atoms with Crippen LogP contribution in [-0.2, 0) is 4.79 Å². The smallest absolute Gasteiger partial charge is 0.257 e. The predicted molar refractivity (Wildman–Crippen MR) is 131 cm³/mol. The monoisotopic (exact) mass is 580 g/mol. The van der Waals surface area contributed by atoms with Crippen LogP contribution in [0.4, 0.5) is 24.5 Å². The second kappa shape index (κ2) is 9.71. The summed E-state index contributed by atoms with van der Waals surface area (Å²) in [5, 5.41) is 4.18. The second-order valence-electron chi connectivity index (χ2n) is 7.66. The highest BCUT2D eigenvalue weighted by Crippen LogP contribution is 2.65. The highest BCUT2D eigenvalue weighted by atomic mass is 35.5. The second-order valence-corrected chi connectivity index (χ2v) is 10.3. The average Bonchev–Trinajstić information content (AvgIpc) is 3.37. The summed E-state index contributed by atoms with van der Waals surface area (Å²) in [4.78, 5) is 25.5. The molecule has 2 N–H and O–H groups in total. The lowest BCUT2D eigenvalue weighted by Crippen LogP contribution is -2.18. The van der Waals surface area contributed by atoms with Crippen molar-refractivity contribution in [3.8, 4) is 0 Å². The number of halogens is 8. The molecule has 0 saturated heterocycles. The van der Waals surface area contributed by atoms with E-state index in [0.717, 1.165) is 18.2 Å². The van der Waals surface area contributed by atoms with Crippen LogP contribution < -0.4 is 10.6 Å². The van der Waals surface area contributed by atoms with Gasteiger partial charge in [-0.05, 0) is 48.0 Å². The summed E-state index contributed by atoms with van der Waals surface area (Å²) in [5.74, 6) is -5.95. The van der Waals surface area contributed by atoms with Crippen LogP contribution in [0.5, 0.6) is 0 Å². The first-order chi connectivity index (χ1) is 16.4. The van der Waals surface area contributed by atoms with Crippen LogP contribution in [0.25, 0.3) is 0 Å². The van der Waals surface area contributed by atoms with Crippen LogP contribution in [0.2, 0.25) is 15.1 Å². The number of nitrogens with one attached hydrogen (secondary N) is 2. The van der Waals surface area contributed by atoms with Crippen molar-refractivity contribution in [3.63, 3.8) is 0 Å². The van der Waals surface area contributed by atoms with Crippen molar-refractivity contribution >= 4 is 81.2 Å². The van der Waals surface area contributed by atoms with E-state index in [0.29, 0.717) is 5.56 Å². The number of para-hydroxylation sites is 1. The van der Waals surface area contributed by atoms with E-state index < -0.39 is 51.1 Å². The molecule has 4 rings (SSSR count). The summed E-state index contributed by atoms with van der Waals surface area (Å²) in [5.41, 5.74) is -0.285. The fraction of sp³-hybridized carbons (Fsp3) is 0.130. The normalized spacial score (nSPS) is 18.2. The highest BCUT2D eigenvalue weighted by Gasteiger charge is 2.67. The molecule has 1 aliphatic rings. The minimum atomic E-state index is -1.52. The fourth-order valence-corrected chi connectivity index (χ4v) is 5.15. The topological polar surface area (TPSA) is 58.2 Å². The molecule has 12 heteroatoms. The van der Waals surface area contributed by atoms with E-state index in [1.807, 2.05) is 0 Å². The summed E-state index contributed by atoms with van der Waals surface area (Å²) in [6, 6.07) is 9.64. The molecule has 3 aromatic carbocycles. The molecule has 1 fully saturated rings. The van der Waals surface area contributed by atoms with Gasteiger partial charge in [-0.25, -0.2) is 13.2 Å². The van der Waals surface area contributed by atoms with Crippen molar-refractivity contribution in [2.75, 3.05) is 10.6 Å². The lowest BCUT2D eigenvalue weighted by Gasteiger charge is -2.11. The number of carbonyl (C=O) groups is 2. The maximum absolute atomic E-state index is 13.9. The quantitative estimate of drug-likeness (QED) is 0.238. The van der Waals surface area contributed by atoms with Crippen LogP contribution in [0.1, 0.15) is 21.8 Å². The Morgan fingerprint density at radius 2 is 1.43 bits per heavy atom. The minimum absolute atomic E-state index is 0.0267. The molecule has 0 aromatic heterocycles. The van der Waals surface area contributed by atoms with Crippen LogP contribution >= 0.6 is 58.0 Å². The molecular weight excluding hydrogens is 571 g/mol. The number of carbonyl (C=O) groups excluding carboxylic acids is 2. The van der Waals surface area contributed by atoms with E-state index in [1.54, 1.807) is 0 Å². The molecule has 1 saturated carbocycles. The zero-order valence-corrected chi connectivity index (χ0v) is 20.9. The van der Waals surface area contributed by atoms with Gasteiger partial charge in [0.2, 0.25) is 5.91 Å². The first-order valence-electron chi connectivity index (χ1n) is 9.79. The Balaban J connectivity index is 1.54. The van der Waals surface area contributed by atoms with Crippen molar-refractivity contribution in [1.29, 1.82) is 0 Å². The predicted octanol–water partition coefficient (Wildman–Crippen LogP) is 7.84. The van der Waals surface area contributed by atoms with E-state index in [9.17, 15) is 22.8 Å². The zero-order chi connectivity index (χ0) is 25.7. The highest BCUT2D eigenvalue weighted by molar-refractivity contribution is 6.53. The van der Waals surface area contributed by atoms with Gasteiger partial charge in [0.1, 0.15) is 21.7 Å². The summed E-state index contributed by atoms with van der Waals surface area (Å²) >= 11 is 30.4. The SMILES string of the molecule is O=C(Nc1c(F)cccc1F)c1cc(NC(=O)C2C(c3cc(Cl)c(F)c(Cl)c3)C2(Cl)Cl)ccc1Cl. The Kier molecular flexibility index (Phi) is 7.19. The summed E-state index contributed by atoms with van der Waals surface area (Å²) in [7, 11) is 0. The van der Waals surface area contributed by atoms with E-state index in [2.05, 4.69) is 10.6 Å². The summed E-state index contributed by atoms with van der Waals surface area (Å²) < 4.78 is 40.0. The third-order valence-electron chi connectivity index (χ3n) is 5.38. The van der Waals surface area contributed by atoms with Crippen molar-refractivity contribution in [2.24, 2.45) is 5.92 Å². The molecule has 4 nitrogen and oxygen atoms in total. The molecule has 0 spiro atoms. The van der Waals surface area contributed by atoms with Gasteiger partial charge >= 0.3 is 0 Å². The molecule has 1 aliphatic carbocycles. The third kappa shape index (κ3) is 5.06. The Hall–Kier alpha value is -2.16. The van der Waals surface area contributed by atoms with Gasteiger partial charge in [-0.15, -0.1) is 23.2 Å². The van der Waals surface area contributed by atoms with Crippen molar-refractivity contribution < 1.29 is 22.8 Å². The minimum Gasteiger partial charge on any atom is -0.326 e. The number of anilines is 2. The maximum Gasteiger partial charge on any atom is 0.257 e. The number of amides is 2. The van der Waals surface area contributed by atoms with Gasteiger partial charge in [-0.3, -0.25) is 9.59 Å². The number of alkyl halides is 2. The van der Waals surface area contributed by atoms with Gasteiger partial charge in [-0.2, -0.15) is 0 Å². The third-order valence-corrected chi connectivity index (χ3v) is 7.20. The van der Waals surface area contributed by atoms with E-state index >= 15 is 0 Å².